The van der Waals surface area contributed by atoms with Gasteiger partial charge in [0, 0.05) is 56.5 Å². The first-order valence-corrected chi connectivity index (χ1v) is 21.3. The monoisotopic (exact) mass is 842 g/mol. The van der Waals surface area contributed by atoms with Gasteiger partial charge in [0.2, 0.25) is 0 Å². The zero-order chi connectivity index (χ0) is 41.2. The van der Waals surface area contributed by atoms with Crippen molar-refractivity contribution in [3.05, 3.63) is 81.1 Å². The highest BCUT2D eigenvalue weighted by Crippen LogP contribution is 2.63. The predicted molar refractivity (Wildman–Crippen MR) is 222 cm³/mol. The Morgan fingerprint density at radius 2 is 1.59 bits per heavy atom. The molecule has 0 spiro atoms. The molecule has 2 aromatic heterocycles. The molecule has 310 valence electrons. The fourth-order valence-corrected chi connectivity index (χ4v) is 11.1. The number of carbonyl (C=O) groups is 4. The summed E-state index contributed by atoms with van der Waals surface area (Å²) in [5.74, 6) is -2.32. The minimum Gasteiger partial charge on any atom is -0.481 e. The Morgan fingerprint density at radius 3 is 2.24 bits per heavy atom. The van der Waals surface area contributed by atoms with Gasteiger partial charge in [-0.3, -0.25) is 33.7 Å². The van der Waals surface area contributed by atoms with E-state index in [9.17, 15) is 29.4 Å². The molecule has 9 rings (SSSR count). The second-order valence-corrected chi connectivity index (χ2v) is 18.1. The van der Waals surface area contributed by atoms with E-state index in [2.05, 4.69) is 25.5 Å². The SMILES string of the molecule is Cn1c(C(=O)Nc2cccc(-c3cccc(NC(=O)c4cc5n(n4)CCC[C@H]5N4CC[C@@H](C(=O)O)C4)c3Cl)c2Cl)nc2c1CCN(CCC13CCC(C(=O)O)(CC1)C3)C2. The lowest BCUT2D eigenvalue weighted by atomic mass is 9.80. The van der Waals surface area contributed by atoms with Crippen LogP contribution in [0.1, 0.15) is 102 Å². The molecule has 14 nitrogen and oxygen atoms in total. The van der Waals surface area contributed by atoms with Crippen LogP contribution in [0.25, 0.3) is 11.1 Å². The Hall–Kier alpha value is -4.76. The summed E-state index contributed by atoms with van der Waals surface area (Å²) in [6.45, 7) is 4.21. The number of carbonyl (C=O) groups excluding carboxylic acids is 2. The highest BCUT2D eigenvalue weighted by molar-refractivity contribution is 6.40. The Balaban J connectivity index is 0.863. The summed E-state index contributed by atoms with van der Waals surface area (Å²) in [4.78, 5) is 60.3. The topological polar surface area (TPSA) is 175 Å². The number of aliphatic carboxylic acids is 2. The van der Waals surface area contributed by atoms with Crippen molar-refractivity contribution >= 4 is 58.3 Å². The number of hydrogen-bond donors (Lipinski definition) is 4. The molecule has 3 fully saturated rings. The van der Waals surface area contributed by atoms with Gasteiger partial charge in [0.15, 0.2) is 11.5 Å². The van der Waals surface area contributed by atoms with Crippen molar-refractivity contribution in [2.45, 2.75) is 83.3 Å². The van der Waals surface area contributed by atoms with Gasteiger partial charge in [0.05, 0.1) is 50.2 Å². The third-order valence-corrected chi connectivity index (χ3v) is 14.8. The summed E-state index contributed by atoms with van der Waals surface area (Å²) in [5, 5.41) is 30.4. The zero-order valence-electron chi connectivity index (χ0n) is 33.0. The number of aromatic nitrogens is 4. The van der Waals surface area contributed by atoms with E-state index >= 15 is 0 Å². The molecule has 2 aliphatic carbocycles. The second-order valence-electron chi connectivity index (χ2n) is 17.3. The van der Waals surface area contributed by atoms with E-state index in [1.807, 2.05) is 16.3 Å². The van der Waals surface area contributed by atoms with E-state index in [0.717, 1.165) is 88.0 Å². The van der Waals surface area contributed by atoms with Crippen molar-refractivity contribution < 1.29 is 29.4 Å². The summed E-state index contributed by atoms with van der Waals surface area (Å²) in [7, 11) is 1.86. The number of nitrogens with zero attached hydrogens (tertiary/aromatic N) is 6. The van der Waals surface area contributed by atoms with Crippen LogP contribution >= 0.6 is 23.2 Å². The van der Waals surface area contributed by atoms with Gasteiger partial charge in [-0.05, 0) is 94.5 Å². The van der Waals surface area contributed by atoms with Gasteiger partial charge >= 0.3 is 11.9 Å². The van der Waals surface area contributed by atoms with Crippen molar-refractivity contribution in [1.82, 2.24) is 29.1 Å². The number of halogens is 2. The molecule has 59 heavy (non-hydrogen) atoms. The summed E-state index contributed by atoms with van der Waals surface area (Å²) in [5.41, 5.74) is 4.55. The molecule has 3 aliphatic heterocycles. The van der Waals surface area contributed by atoms with Gasteiger partial charge in [0.1, 0.15) is 0 Å². The van der Waals surface area contributed by atoms with E-state index in [4.69, 9.17) is 28.2 Å². The Labute approximate surface area is 351 Å². The standard InChI is InChI=1S/C43H48Cl2N8O6/c1-50-32-11-18-51(20-16-42-12-14-43(24-42,15-13-42)41(58)59)23-31(32)46-37(50)39(55)48-29-8-3-6-27(36(29)45)26-5-2-7-28(35(26)44)47-38(54)30-21-34-33(9-4-17-53(34)49-30)52-19-10-25(22-52)40(56)57/h2-3,5-8,21,25,33H,4,9-20,22-24H2,1H3,(H,47,54)(H,48,55)(H,56,57)(H,58,59)/t25-,33-,42?,43?/m1/s1. The number of aryl methyl sites for hydroxylation is 1. The van der Waals surface area contributed by atoms with Gasteiger partial charge in [-0.1, -0.05) is 47.5 Å². The van der Waals surface area contributed by atoms with Crippen LogP contribution in [0.2, 0.25) is 10.0 Å². The second kappa shape index (κ2) is 15.4. The van der Waals surface area contributed by atoms with Crippen LogP contribution in [-0.2, 0) is 36.1 Å². The van der Waals surface area contributed by atoms with Crippen molar-refractivity contribution in [3.63, 3.8) is 0 Å². The Kier molecular flexibility index (Phi) is 10.3. The van der Waals surface area contributed by atoms with Crippen LogP contribution in [0.4, 0.5) is 11.4 Å². The lowest BCUT2D eigenvalue weighted by molar-refractivity contribution is -0.148. The highest BCUT2D eigenvalue weighted by Gasteiger charge is 2.57. The summed E-state index contributed by atoms with van der Waals surface area (Å²) >= 11 is 13.9. The lowest BCUT2D eigenvalue weighted by Gasteiger charge is -2.32. The molecular formula is C43H48Cl2N8O6. The molecule has 5 aliphatic rings. The maximum Gasteiger partial charge on any atom is 0.309 e. The molecular weight excluding hydrogens is 795 g/mol. The number of carboxylic acids is 2. The van der Waals surface area contributed by atoms with Crippen LogP contribution in [0.15, 0.2) is 42.5 Å². The van der Waals surface area contributed by atoms with Crippen LogP contribution in [0.5, 0.6) is 0 Å². The molecule has 16 heteroatoms. The summed E-state index contributed by atoms with van der Waals surface area (Å²) in [6.07, 6.45) is 8.42. The summed E-state index contributed by atoms with van der Waals surface area (Å²) in [6, 6.07) is 12.4. The molecule has 2 aromatic carbocycles. The first-order valence-electron chi connectivity index (χ1n) is 20.6. The first kappa shape index (κ1) is 39.7. The largest absolute Gasteiger partial charge is 0.481 e. The maximum atomic E-state index is 13.8. The Morgan fingerprint density at radius 1 is 0.898 bits per heavy atom. The number of carboxylic acid groups (broad SMARTS) is 2. The van der Waals surface area contributed by atoms with E-state index in [1.165, 1.54) is 0 Å². The van der Waals surface area contributed by atoms with Crippen LogP contribution in [0, 0.1) is 16.7 Å². The number of likely N-dealkylation sites (tertiary alicyclic amines) is 1. The molecule has 4 aromatic rings. The minimum absolute atomic E-state index is 0.000943. The van der Waals surface area contributed by atoms with Crippen molar-refractivity contribution in [3.8, 4) is 11.1 Å². The minimum atomic E-state index is -0.776. The van der Waals surface area contributed by atoms with E-state index in [-0.39, 0.29) is 38.9 Å². The van der Waals surface area contributed by atoms with Gasteiger partial charge < -0.3 is 25.4 Å². The van der Waals surface area contributed by atoms with Gasteiger partial charge in [0.25, 0.3) is 11.8 Å². The van der Waals surface area contributed by atoms with Crippen molar-refractivity contribution in [1.29, 1.82) is 0 Å². The molecule has 1 saturated heterocycles. The van der Waals surface area contributed by atoms with Gasteiger partial charge in [-0.25, -0.2) is 4.98 Å². The van der Waals surface area contributed by atoms with Gasteiger partial charge in [-0.15, -0.1) is 0 Å². The molecule has 0 unspecified atom stereocenters. The molecule has 0 radical (unpaired) electrons. The van der Waals surface area contributed by atoms with E-state index in [0.29, 0.717) is 55.1 Å². The number of amides is 2. The third-order valence-electron chi connectivity index (χ3n) is 14.0. The van der Waals surface area contributed by atoms with Crippen molar-refractivity contribution in [2.24, 2.45) is 23.8 Å². The average molecular weight is 844 g/mol. The Bertz CT molecular complexity index is 2370. The maximum absolute atomic E-state index is 13.8. The fraction of sp³-hybridized carbons (Fsp3) is 0.488. The molecule has 2 atom stereocenters. The number of anilines is 2. The lowest BCUT2D eigenvalue weighted by Crippen LogP contribution is -2.34. The number of benzene rings is 2. The normalized spacial score (nSPS) is 25.1. The highest BCUT2D eigenvalue weighted by atomic mass is 35.5. The predicted octanol–water partition coefficient (Wildman–Crippen LogP) is 7.12. The number of fused-ring (bicyclic) bond motifs is 4. The molecule has 2 amide bonds. The average Bonchev–Trinajstić information content (AvgIpc) is 4.07. The molecule has 2 saturated carbocycles. The number of nitrogens with one attached hydrogen (secondary N) is 2. The number of hydrogen-bond acceptors (Lipinski definition) is 8. The van der Waals surface area contributed by atoms with E-state index in [1.54, 1.807) is 42.5 Å². The summed E-state index contributed by atoms with van der Waals surface area (Å²) < 4.78 is 3.71. The molecule has 4 N–H and O–H groups in total. The molecule has 2 bridgehead atoms. The van der Waals surface area contributed by atoms with Crippen molar-refractivity contribution in [2.75, 3.05) is 36.8 Å². The van der Waals surface area contributed by atoms with Crippen LogP contribution < -0.4 is 10.6 Å². The number of rotatable bonds is 11. The van der Waals surface area contributed by atoms with Crippen LogP contribution in [0.3, 0.4) is 0 Å². The van der Waals surface area contributed by atoms with Gasteiger partial charge in [-0.2, -0.15) is 5.10 Å². The fourth-order valence-electron chi connectivity index (χ4n) is 10.6. The molecule has 5 heterocycles. The van der Waals surface area contributed by atoms with E-state index < -0.39 is 29.2 Å². The smallest absolute Gasteiger partial charge is 0.309 e. The zero-order valence-corrected chi connectivity index (χ0v) is 34.5. The first-order chi connectivity index (χ1) is 28.3. The van der Waals surface area contributed by atoms with Crippen LogP contribution in [-0.4, -0.2) is 89.3 Å². The number of imidazole rings is 1. The third kappa shape index (κ3) is 7.21. The quantitative estimate of drug-likeness (QED) is 0.122.